The van der Waals surface area contributed by atoms with Gasteiger partial charge in [-0.15, -0.1) is 0 Å². The van der Waals surface area contributed by atoms with Crippen LogP contribution in [-0.4, -0.2) is 19.5 Å². The number of fused-ring (bicyclic) bond motifs is 6. The average molecular weight is 731 g/mol. The number of rotatable bonds is 7. The fourth-order valence-corrected chi connectivity index (χ4v) is 8.18. The van der Waals surface area contributed by atoms with Crippen LogP contribution in [0.1, 0.15) is 11.4 Å². The van der Waals surface area contributed by atoms with Crippen molar-refractivity contribution in [2.75, 3.05) is 0 Å². The van der Waals surface area contributed by atoms with Crippen molar-refractivity contribution in [2.24, 2.45) is 0 Å². The summed E-state index contributed by atoms with van der Waals surface area (Å²) in [5, 5.41) is 4.65. The Balaban J connectivity index is 1.05. The van der Waals surface area contributed by atoms with E-state index in [9.17, 15) is 0 Å². The lowest BCUT2D eigenvalue weighted by Crippen LogP contribution is -2.06. The van der Waals surface area contributed by atoms with Crippen LogP contribution in [0.2, 0.25) is 0 Å². The van der Waals surface area contributed by atoms with Crippen molar-refractivity contribution in [1.29, 1.82) is 0 Å². The lowest BCUT2D eigenvalue weighted by Gasteiger charge is -2.15. The lowest BCUT2D eigenvalue weighted by molar-refractivity contribution is 0.669. The average Bonchev–Trinajstić information content (AvgIpc) is 3.82. The van der Waals surface area contributed by atoms with Gasteiger partial charge in [-0.05, 0) is 70.3 Å². The van der Waals surface area contributed by atoms with E-state index in [-0.39, 0.29) is 0 Å². The molecule has 0 fully saturated rings. The summed E-state index contributed by atoms with van der Waals surface area (Å²) in [6, 6.07) is 67.8. The minimum absolute atomic E-state index is 0.514. The molecular formula is C52H34N4O. The van der Waals surface area contributed by atoms with E-state index in [1.54, 1.807) is 0 Å². The zero-order valence-corrected chi connectivity index (χ0v) is 30.9. The molecule has 3 heterocycles. The summed E-state index contributed by atoms with van der Waals surface area (Å²) in [6.45, 7) is 0. The van der Waals surface area contributed by atoms with Crippen molar-refractivity contribution in [3.8, 4) is 50.7 Å². The van der Waals surface area contributed by atoms with Gasteiger partial charge in [0, 0.05) is 44.8 Å². The smallest absolute Gasteiger partial charge is 0.163 e. The minimum atomic E-state index is 0.514. The molecule has 0 radical (unpaired) electrons. The summed E-state index contributed by atoms with van der Waals surface area (Å²) < 4.78 is 8.69. The molecule has 0 aliphatic carbocycles. The van der Waals surface area contributed by atoms with Crippen LogP contribution >= 0.6 is 0 Å². The van der Waals surface area contributed by atoms with Crippen LogP contribution < -0.4 is 0 Å². The Morgan fingerprint density at radius 3 is 1.79 bits per heavy atom. The Hall–Kier alpha value is -7.63. The minimum Gasteiger partial charge on any atom is -0.456 e. The van der Waals surface area contributed by atoms with Crippen LogP contribution in [0.3, 0.4) is 0 Å². The fourth-order valence-electron chi connectivity index (χ4n) is 8.18. The van der Waals surface area contributed by atoms with Crippen LogP contribution in [0.15, 0.2) is 199 Å². The van der Waals surface area contributed by atoms with Crippen molar-refractivity contribution in [3.63, 3.8) is 0 Å². The normalized spacial score (nSPS) is 11.6. The maximum Gasteiger partial charge on any atom is 0.163 e. The van der Waals surface area contributed by atoms with E-state index >= 15 is 0 Å². The van der Waals surface area contributed by atoms with Gasteiger partial charge < -0.3 is 8.98 Å². The van der Waals surface area contributed by atoms with Crippen molar-refractivity contribution in [2.45, 2.75) is 6.42 Å². The first-order valence-corrected chi connectivity index (χ1v) is 19.2. The molecule has 0 unspecified atom stereocenters. The Labute approximate surface area is 329 Å². The second-order valence-electron chi connectivity index (χ2n) is 14.4. The standard InChI is InChI=1S/C52H34N4O/c1-3-14-34(15-4-1)36-19-13-20-40(30-36)52-54-50(53-51(55-52)35-16-5-2-6-17-35)33-39-18-7-10-23-45(39)56-46-24-11-8-21-41(46)42-28-26-37(31-47(42)56)38-27-29-44-43-22-9-12-25-48(43)57-49(44)32-38/h1-32H,33H2. The first kappa shape index (κ1) is 32.8. The number of para-hydroxylation sites is 3. The number of furan rings is 1. The topological polar surface area (TPSA) is 56.7 Å². The zero-order chi connectivity index (χ0) is 37.7. The number of aromatic nitrogens is 4. The van der Waals surface area contributed by atoms with Gasteiger partial charge in [0.25, 0.3) is 0 Å². The molecule has 0 atom stereocenters. The van der Waals surface area contributed by atoms with Gasteiger partial charge in [0.15, 0.2) is 11.6 Å². The number of hydrogen-bond acceptors (Lipinski definition) is 4. The van der Waals surface area contributed by atoms with E-state index < -0.39 is 0 Å². The second-order valence-corrected chi connectivity index (χ2v) is 14.4. The molecule has 0 aliphatic heterocycles. The molecule has 11 aromatic rings. The largest absolute Gasteiger partial charge is 0.456 e. The Morgan fingerprint density at radius 1 is 0.368 bits per heavy atom. The Morgan fingerprint density at radius 2 is 0.947 bits per heavy atom. The Kier molecular flexibility index (Phi) is 7.81. The van der Waals surface area contributed by atoms with E-state index in [0.29, 0.717) is 23.9 Å². The highest BCUT2D eigenvalue weighted by Gasteiger charge is 2.18. The summed E-state index contributed by atoms with van der Waals surface area (Å²) in [5.41, 5.74) is 12.7. The number of benzene rings is 8. The molecule has 0 amide bonds. The predicted molar refractivity (Wildman–Crippen MR) is 232 cm³/mol. The summed E-state index contributed by atoms with van der Waals surface area (Å²) in [7, 11) is 0. The van der Waals surface area contributed by atoms with Crippen LogP contribution in [0.4, 0.5) is 0 Å². The third kappa shape index (κ3) is 5.85. The molecule has 5 heteroatoms. The van der Waals surface area contributed by atoms with Gasteiger partial charge in [-0.25, -0.2) is 15.0 Å². The van der Waals surface area contributed by atoms with Gasteiger partial charge in [-0.3, -0.25) is 0 Å². The molecular weight excluding hydrogens is 697 g/mol. The van der Waals surface area contributed by atoms with Crippen LogP contribution in [0.5, 0.6) is 0 Å². The lowest BCUT2D eigenvalue weighted by atomic mass is 10.0. The second kappa shape index (κ2) is 13.6. The third-order valence-corrected chi connectivity index (χ3v) is 10.9. The summed E-state index contributed by atoms with van der Waals surface area (Å²) in [5.74, 6) is 2.01. The van der Waals surface area contributed by atoms with E-state index in [1.165, 1.54) is 10.8 Å². The van der Waals surface area contributed by atoms with E-state index in [0.717, 1.165) is 77.6 Å². The van der Waals surface area contributed by atoms with Crippen LogP contribution in [0.25, 0.3) is 94.5 Å². The van der Waals surface area contributed by atoms with Gasteiger partial charge in [0.2, 0.25) is 0 Å². The SMILES string of the molecule is c1ccc(-c2cccc(-c3nc(Cc4ccccc4-n4c5ccccc5c5ccc(-c6ccc7c(c6)oc6ccccc67)cc54)nc(-c4ccccc4)n3)c2)cc1. The molecule has 0 saturated heterocycles. The van der Waals surface area contributed by atoms with Crippen LogP contribution in [-0.2, 0) is 6.42 Å². The first-order chi connectivity index (χ1) is 28.2. The van der Waals surface area contributed by atoms with E-state index in [1.807, 2.05) is 36.4 Å². The molecule has 11 rings (SSSR count). The first-order valence-electron chi connectivity index (χ1n) is 19.2. The van der Waals surface area contributed by atoms with E-state index in [2.05, 4.69) is 162 Å². The summed E-state index contributed by atoms with van der Waals surface area (Å²) in [6.07, 6.45) is 0.514. The quantitative estimate of drug-likeness (QED) is 0.164. The molecule has 0 spiro atoms. The molecule has 5 nitrogen and oxygen atoms in total. The molecule has 0 saturated carbocycles. The van der Waals surface area contributed by atoms with Crippen molar-refractivity contribution in [1.82, 2.24) is 19.5 Å². The summed E-state index contributed by atoms with van der Waals surface area (Å²) in [4.78, 5) is 15.3. The molecule has 0 aliphatic rings. The van der Waals surface area contributed by atoms with Gasteiger partial charge in [-0.1, -0.05) is 152 Å². The molecule has 8 aromatic carbocycles. The van der Waals surface area contributed by atoms with Crippen LogP contribution in [0, 0.1) is 0 Å². The molecule has 0 bridgehead atoms. The number of nitrogens with zero attached hydrogens (tertiary/aromatic N) is 4. The number of hydrogen-bond donors (Lipinski definition) is 0. The van der Waals surface area contributed by atoms with E-state index in [4.69, 9.17) is 19.4 Å². The van der Waals surface area contributed by atoms with Gasteiger partial charge in [0.1, 0.15) is 17.0 Å². The fraction of sp³-hybridized carbons (Fsp3) is 0.0192. The maximum absolute atomic E-state index is 6.29. The zero-order valence-electron chi connectivity index (χ0n) is 30.9. The monoisotopic (exact) mass is 730 g/mol. The van der Waals surface area contributed by atoms with Gasteiger partial charge >= 0.3 is 0 Å². The van der Waals surface area contributed by atoms with Gasteiger partial charge in [-0.2, -0.15) is 0 Å². The molecule has 57 heavy (non-hydrogen) atoms. The highest BCUT2D eigenvalue weighted by atomic mass is 16.3. The molecule has 0 N–H and O–H groups in total. The third-order valence-electron chi connectivity index (χ3n) is 10.9. The summed E-state index contributed by atoms with van der Waals surface area (Å²) >= 11 is 0. The molecule has 268 valence electrons. The highest BCUT2D eigenvalue weighted by Crippen LogP contribution is 2.38. The Bertz CT molecular complexity index is 3270. The molecule has 3 aromatic heterocycles. The van der Waals surface area contributed by atoms with Gasteiger partial charge in [0.05, 0.1) is 11.0 Å². The highest BCUT2D eigenvalue weighted by molar-refractivity contribution is 6.11. The maximum atomic E-state index is 6.29. The van der Waals surface area contributed by atoms with Crippen molar-refractivity contribution >= 4 is 43.7 Å². The van der Waals surface area contributed by atoms with Crippen molar-refractivity contribution < 1.29 is 4.42 Å². The predicted octanol–water partition coefficient (Wildman–Crippen LogP) is 13.1. The van der Waals surface area contributed by atoms with Crippen molar-refractivity contribution in [3.05, 3.63) is 206 Å².